The van der Waals surface area contributed by atoms with Crippen LogP contribution in [0.4, 0.5) is 0 Å². The van der Waals surface area contributed by atoms with Crippen LogP contribution < -0.4 is 0 Å². The number of thioether (sulfide) groups is 1. The highest BCUT2D eigenvalue weighted by atomic mass is 35.5. The van der Waals surface area contributed by atoms with Gasteiger partial charge in [-0.25, -0.2) is 16.4 Å². The number of aliphatic hydroxyl groups excluding tert-OH is 1. The number of carbonyl (C=O) groups excluding carboxylic acids is 1. The highest BCUT2D eigenvalue weighted by Gasteiger charge is 2.45. The summed E-state index contributed by atoms with van der Waals surface area (Å²) < 4.78 is 5.32. The fraction of sp³-hybridized carbons (Fsp3) is 0.476. The molecule has 0 bridgehead atoms. The fourth-order valence-corrected chi connectivity index (χ4v) is 4.73. The molecule has 2 rings (SSSR count). The van der Waals surface area contributed by atoms with Crippen LogP contribution in [-0.2, 0) is 9.53 Å². The molecule has 1 heterocycles. The Balaban J connectivity index is 2.67. The monoisotopic (exact) mass is 454 g/mol. The third kappa shape index (κ3) is 5.76. The summed E-state index contributed by atoms with van der Waals surface area (Å²) in [6.45, 7) is 11.9. The molecule has 0 aliphatic carbocycles. The lowest BCUT2D eigenvalue weighted by Crippen LogP contribution is -2.33. The van der Waals surface area contributed by atoms with E-state index in [-0.39, 0.29) is 13.2 Å². The van der Waals surface area contributed by atoms with Gasteiger partial charge in [0.05, 0.1) is 17.9 Å². The number of nitrogens with zero attached hydrogens (tertiary/aromatic N) is 2. The molecule has 1 aromatic rings. The van der Waals surface area contributed by atoms with E-state index < -0.39 is 17.9 Å². The quantitative estimate of drug-likeness (QED) is 0.319. The number of rotatable bonds is 8. The number of aliphatic hydroxyl groups is 1. The number of esters is 1. The summed E-state index contributed by atoms with van der Waals surface area (Å²) in [5.74, 6) is -0.424. The van der Waals surface area contributed by atoms with Crippen LogP contribution in [0.2, 0.25) is 10.0 Å². The summed E-state index contributed by atoms with van der Waals surface area (Å²) in [7, 11) is 0. The minimum atomic E-state index is -0.697. The smallest absolute Gasteiger partial charge is 0.336 e. The summed E-state index contributed by atoms with van der Waals surface area (Å²) in [4.78, 5) is 21.4. The molecule has 2 atom stereocenters. The van der Waals surface area contributed by atoms with Gasteiger partial charge in [0.25, 0.3) is 6.04 Å². The van der Waals surface area contributed by atoms with Crippen molar-refractivity contribution in [2.45, 2.75) is 45.1 Å². The summed E-state index contributed by atoms with van der Waals surface area (Å²) in [5.41, 5.74) is 1.68. The van der Waals surface area contributed by atoms with Gasteiger partial charge in [-0.05, 0) is 37.5 Å². The van der Waals surface area contributed by atoms with Crippen molar-refractivity contribution in [3.05, 3.63) is 56.5 Å². The molecule has 29 heavy (non-hydrogen) atoms. The Bertz CT molecular complexity index is 849. The van der Waals surface area contributed by atoms with Gasteiger partial charge in [-0.1, -0.05) is 42.6 Å². The lowest BCUT2D eigenvalue weighted by Gasteiger charge is -2.28. The molecule has 5 nitrogen and oxygen atoms in total. The van der Waals surface area contributed by atoms with Crippen molar-refractivity contribution >= 4 is 46.0 Å². The average Bonchev–Trinajstić information content (AvgIpc) is 2.68. The SMILES string of the molecule is [C-]#[N+]C1C(SCCCO)=NC(CCC)=C(C(=O)OCC)C1c1ccc(Cl)cc1Cl. The van der Waals surface area contributed by atoms with E-state index in [2.05, 4.69) is 4.85 Å². The lowest BCUT2D eigenvalue weighted by molar-refractivity contribution is -0.139. The van der Waals surface area contributed by atoms with Gasteiger partial charge >= 0.3 is 5.97 Å². The maximum atomic E-state index is 12.9. The van der Waals surface area contributed by atoms with Crippen LogP contribution in [-0.4, -0.2) is 41.1 Å². The van der Waals surface area contributed by atoms with Crippen LogP contribution in [0.1, 0.15) is 44.6 Å². The third-order valence-corrected chi connectivity index (χ3v) is 6.09. The fourth-order valence-electron chi connectivity index (χ4n) is 3.19. The average molecular weight is 455 g/mol. The standard InChI is InChI=1S/C21H24Cl2N2O3S/c1-4-7-16-18(21(27)28-5-2)17(14-9-8-13(22)12-15(14)23)19(24-3)20(25-16)29-11-6-10-26/h8-9,12,17,19,26H,4-7,10-11H2,1-2H3. The Labute approximate surface area is 186 Å². The molecule has 8 heteroatoms. The second kappa shape index (κ2) is 11.6. The van der Waals surface area contributed by atoms with E-state index in [0.29, 0.717) is 50.5 Å². The first-order valence-electron chi connectivity index (χ1n) is 9.52. The van der Waals surface area contributed by atoms with Gasteiger partial charge in [0.15, 0.2) is 5.04 Å². The Morgan fingerprint density at radius 1 is 1.38 bits per heavy atom. The van der Waals surface area contributed by atoms with E-state index in [1.165, 1.54) is 11.8 Å². The molecule has 1 N–H and O–H groups in total. The number of allylic oxidation sites excluding steroid dienone is 1. The van der Waals surface area contributed by atoms with Gasteiger partial charge in [0.2, 0.25) is 0 Å². The summed E-state index contributed by atoms with van der Waals surface area (Å²) >= 11 is 14.0. The molecule has 1 aliphatic heterocycles. The van der Waals surface area contributed by atoms with Gasteiger partial charge in [-0.15, -0.1) is 11.8 Å². The summed E-state index contributed by atoms with van der Waals surface area (Å²) in [6.07, 6.45) is 1.98. The Hall–Kier alpha value is -1.52. The number of hydrogen-bond donors (Lipinski definition) is 1. The minimum Gasteiger partial charge on any atom is -0.463 e. The molecule has 0 amide bonds. The van der Waals surface area contributed by atoms with Crippen LogP contribution >= 0.6 is 35.0 Å². The molecule has 0 radical (unpaired) electrons. The minimum absolute atomic E-state index is 0.0706. The number of benzene rings is 1. The van der Waals surface area contributed by atoms with Gasteiger partial charge in [0.1, 0.15) is 5.92 Å². The Kier molecular flexibility index (Phi) is 9.51. The second-order valence-electron chi connectivity index (χ2n) is 6.42. The highest BCUT2D eigenvalue weighted by Crippen LogP contribution is 2.43. The van der Waals surface area contributed by atoms with E-state index in [4.69, 9.17) is 44.6 Å². The van der Waals surface area contributed by atoms with E-state index in [9.17, 15) is 4.79 Å². The van der Waals surface area contributed by atoms with Crippen molar-refractivity contribution < 1.29 is 14.6 Å². The molecular formula is C21H24Cl2N2O3S. The number of ether oxygens (including phenoxy) is 1. The van der Waals surface area contributed by atoms with Gasteiger partial charge in [-0.3, -0.25) is 0 Å². The first-order chi connectivity index (χ1) is 14.0. The summed E-state index contributed by atoms with van der Waals surface area (Å²) in [5, 5.41) is 10.6. The molecule has 2 unspecified atom stereocenters. The zero-order valence-electron chi connectivity index (χ0n) is 16.5. The van der Waals surface area contributed by atoms with Crippen molar-refractivity contribution in [1.29, 1.82) is 0 Å². The molecule has 0 fully saturated rings. The van der Waals surface area contributed by atoms with Gasteiger partial charge in [0, 0.05) is 22.4 Å². The van der Waals surface area contributed by atoms with Crippen molar-refractivity contribution in [2.75, 3.05) is 19.0 Å². The second-order valence-corrected chi connectivity index (χ2v) is 8.38. The number of aliphatic imine (C=N–C) groups is 1. The first kappa shape index (κ1) is 23.8. The molecule has 156 valence electrons. The van der Waals surface area contributed by atoms with Gasteiger partial charge < -0.3 is 14.7 Å². The van der Waals surface area contributed by atoms with Crippen LogP contribution in [0.25, 0.3) is 4.85 Å². The molecule has 0 spiro atoms. The maximum Gasteiger partial charge on any atom is 0.336 e. The number of hydrogen-bond acceptors (Lipinski definition) is 5. The van der Waals surface area contributed by atoms with Crippen molar-refractivity contribution in [1.82, 2.24) is 0 Å². The number of halogens is 2. The van der Waals surface area contributed by atoms with Gasteiger partial charge in [-0.2, -0.15) is 0 Å². The van der Waals surface area contributed by atoms with E-state index in [1.54, 1.807) is 25.1 Å². The molecule has 0 aromatic heterocycles. The zero-order valence-corrected chi connectivity index (χ0v) is 18.8. The predicted octanol–water partition coefficient (Wildman–Crippen LogP) is 5.51. The highest BCUT2D eigenvalue weighted by molar-refractivity contribution is 8.14. The van der Waals surface area contributed by atoms with E-state index >= 15 is 0 Å². The van der Waals surface area contributed by atoms with E-state index in [0.717, 1.165) is 6.42 Å². The lowest BCUT2D eigenvalue weighted by atomic mass is 9.81. The largest absolute Gasteiger partial charge is 0.463 e. The van der Waals surface area contributed by atoms with Crippen LogP contribution in [0.5, 0.6) is 0 Å². The molecular weight excluding hydrogens is 431 g/mol. The molecule has 0 saturated carbocycles. The maximum absolute atomic E-state index is 12.9. The summed E-state index contributed by atoms with van der Waals surface area (Å²) in [6, 6.07) is 4.39. The molecule has 0 saturated heterocycles. The Morgan fingerprint density at radius 3 is 2.72 bits per heavy atom. The zero-order chi connectivity index (χ0) is 21.4. The Morgan fingerprint density at radius 2 is 2.14 bits per heavy atom. The molecule has 1 aliphatic rings. The third-order valence-electron chi connectivity index (χ3n) is 4.41. The van der Waals surface area contributed by atoms with Crippen molar-refractivity contribution in [2.24, 2.45) is 4.99 Å². The normalized spacial score (nSPS) is 19.0. The van der Waals surface area contributed by atoms with Crippen LogP contribution in [0.15, 0.2) is 34.5 Å². The number of carbonyl (C=O) groups is 1. The van der Waals surface area contributed by atoms with Crippen LogP contribution in [0, 0.1) is 6.57 Å². The predicted molar refractivity (Wildman–Crippen MR) is 120 cm³/mol. The van der Waals surface area contributed by atoms with Crippen molar-refractivity contribution in [3.63, 3.8) is 0 Å². The first-order valence-corrected chi connectivity index (χ1v) is 11.3. The van der Waals surface area contributed by atoms with Crippen LogP contribution in [0.3, 0.4) is 0 Å². The molecule has 1 aromatic carbocycles. The topological polar surface area (TPSA) is 63.2 Å². The van der Waals surface area contributed by atoms with E-state index in [1.807, 2.05) is 6.92 Å². The van der Waals surface area contributed by atoms with Crippen molar-refractivity contribution in [3.8, 4) is 0 Å².